The predicted octanol–water partition coefficient (Wildman–Crippen LogP) is 0.845. The van der Waals surface area contributed by atoms with Crippen LogP contribution in [0.1, 0.15) is 5.56 Å². The topological polar surface area (TPSA) is 74.7 Å². The van der Waals surface area contributed by atoms with Gasteiger partial charge in [0.05, 0.1) is 24.0 Å². The van der Waals surface area contributed by atoms with Crippen molar-refractivity contribution in [2.45, 2.75) is 0 Å². The van der Waals surface area contributed by atoms with E-state index >= 15 is 0 Å². The molecule has 2 aromatic rings. The van der Waals surface area contributed by atoms with Gasteiger partial charge in [-0.25, -0.2) is 4.68 Å². The number of phenolic OH excluding ortho intramolecular Hbond substituents is 1. The highest BCUT2D eigenvalue weighted by molar-refractivity contribution is 5.50. The van der Waals surface area contributed by atoms with Crippen molar-refractivity contribution in [2.75, 3.05) is 0 Å². The number of aromatic hydroxyl groups is 1. The van der Waals surface area contributed by atoms with Crippen molar-refractivity contribution in [3.8, 4) is 17.5 Å². The van der Waals surface area contributed by atoms with Crippen molar-refractivity contribution in [3.05, 3.63) is 36.2 Å². The summed E-state index contributed by atoms with van der Waals surface area (Å²) < 4.78 is 1.40. The average Bonchev–Trinajstić information content (AvgIpc) is 2.71. The van der Waals surface area contributed by atoms with Gasteiger partial charge in [0.2, 0.25) is 0 Å². The molecule has 5 nitrogen and oxygen atoms in total. The minimum absolute atomic E-state index is 0.0644. The van der Waals surface area contributed by atoms with Crippen molar-refractivity contribution in [3.63, 3.8) is 0 Å². The molecule has 0 saturated heterocycles. The zero-order chi connectivity index (χ0) is 9.97. The first-order valence-corrected chi connectivity index (χ1v) is 3.91. The van der Waals surface area contributed by atoms with Gasteiger partial charge in [0.15, 0.2) is 0 Å². The fourth-order valence-electron chi connectivity index (χ4n) is 1.11. The molecule has 0 bridgehead atoms. The van der Waals surface area contributed by atoms with Crippen LogP contribution in [0, 0.1) is 11.3 Å². The summed E-state index contributed by atoms with van der Waals surface area (Å²) in [6, 6.07) is 6.52. The van der Waals surface area contributed by atoms with Crippen LogP contribution in [0.15, 0.2) is 30.6 Å². The number of hydrogen-bond acceptors (Lipinski definition) is 4. The fourth-order valence-corrected chi connectivity index (χ4v) is 1.11. The lowest BCUT2D eigenvalue weighted by molar-refractivity contribution is 0.469. The van der Waals surface area contributed by atoms with Crippen LogP contribution in [0.2, 0.25) is 0 Å². The Morgan fingerprint density at radius 3 is 2.93 bits per heavy atom. The van der Waals surface area contributed by atoms with Gasteiger partial charge in [-0.1, -0.05) is 5.21 Å². The van der Waals surface area contributed by atoms with Crippen LogP contribution in [-0.2, 0) is 0 Å². The van der Waals surface area contributed by atoms with Crippen LogP contribution in [0.5, 0.6) is 5.75 Å². The molecular weight excluding hydrogens is 180 g/mol. The molecule has 1 aromatic heterocycles. The van der Waals surface area contributed by atoms with E-state index in [0.717, 1.165) is 0 Å². The highest BCUT2D eigenvalue weighted by Gasteiger charge is 2.04. The van der Waals surface area contributed by atoms with Gasteiger partial charge in [0.1, 0.15) is 11.4 Å². The van der Waals surface area contributed by atoms with E-state index in [1.807, 2.05) is 6.07 Å². The average molecular weight is 186 g/mol. The molecule has 5 heteroatoms. The molecule has 14 heavy (non-hydrogen) atoms. The zero-order valence-electron chi connectivity index (χ0n) is 7.12. The smallest absolute Gasteiger partial charge is 0.141 e. The molecule has 0 aliphatic rings. The Balaban J connectivity index is 2.58. The van der Waals surface area contributed by atoms with E-state index < -0.39 is 0 Å². The van der Waals surface area contributed by atoms with Crippen molar-refractivity contribution in [1.82, 2.24) is 15.0 Å². The second kappa shape index (κ2) is 3.18. The molecule has 1 N–H and O–H groups in total. The van der Waals surface area contributed by atoms with Crippen molar-refractivity contribution >= 4 is 0 Å². The maximum atomic E-state index is 9.50. The number of hydrogen-bond donors (Lipinski definition) is 1. The Labute approximate surface area is 79.8 Å². The van der Waals surface area contributed by atoms with Crippen LogP contribution in [0.4, 0.5) is 0 Å². The van der Waals surface area contributed by atoms with E-state index in [4.69, 9.17) is 5.26 Å². The number of phenols is 1. The third-order valence-corrected chi connectivity index (χ3v) is 1.77. The quantitative estimate of drug-likeness (QED) is 0.716. The number of nitriles is 1. The molecule has 0 aliphatic heterocycles. The van der Waals surface area contributed by atoms with E-state index in [1.54, 1.807) is 12.3 Å². The number of benzene rings is 1. The highest BCUT2D eigenvalue weighted by Crippen LogP contribution is 2.21. The lowest BCUT2D eigenvalue weighted by Crippen LogP contribution is -1.96. The summed E-state index contributed by atoms with van der Waals surface area (Å²) >= 11 is 0. The van der Waals surface area contributed by atoms with Crippen molar-refractivity contribution < 1.29 is 5.11 Å². The zero-order valence-corrected chi connectivity index (χ0v) is 7.12. The van der Waals surface area contributed by atoms with E-state index in [-0.39, 0.29) is 5.75 Å². The predicted molar refractivity (Wildman–Crippen MR) is 47.7 cm³/mol. The fraction of sp³-hybridized carbons (Fsp3) is 0. The molecule has 0 spiro atoms. The molecule has 0 amide bonds. The molecule has 0 atom stereocenters. The number of nitrogens with zero attached hydrogens (tertiary/aromatic N) is 4. The molecule has 1 aromatic carbocycles. The van der Waals surface area contributed by atoms with Gasteiger partial charge >= 0.3 is 0 Å². The first-order valence-electron chi connectivity index (χ1n) is 3.91. The Morgan fingerprint density at radius 1 is 1.43 bits per heavy atom. The molecule has 1 heterocycles. The molecule has 0 unspecified atom stereocenters. The van der Waals surface area contributed by atoms with Crippen molar-refractivity contribution in [2.24, 2.45) is 0 Å². The maximum Gasteiger partial charge on any atom is 0.141 e. The second-order valence-electron chi connectivity index (χ2n) is 2.66. The van der Waals surface area contributed by atoms with Gasteiger partial charge < -0.3 is 5.11 Å². The van der Waals surface area contributed by atoms with Gasteiger partial charge in [-0.3, -0.25) is 0 Å². The summed E-state index contributed by atoms with van der Waals surface area (Å²) in [5.74, 6) is 0.0644. The molecular formula is C9H6N4O. The monoisotopic (exact) mass is 186 g/mol. The molecule has 0 saturated carbocycles. The molecule has 0 radical (unpaired) electrons. The summed E-state index contributed by atoms with van der Waals surface area (Å²) in [6.07, 6.45) is 3.09. The molecule has 0 fully saturated rings. The normalized spacial score (nSPS) is 9.64. The van der Waals surface area contributed by atoms with Crippen LogP contribution in [0.3, 0.4) is 0 Å². The summed E-state index contributed by atoms with van der Waals surface area (Å²) in [5.41, 5.74) is 0.912. The first kappa shape index (κ1) is 8.26. The van der Waals surface area contributed by atoms with Gasteiger partial charge in [-0.15, -0.1) is 5.10 Å². The minimum Gasteiger partial charge on any atom is -0.506 e. The molecule has 68 valence electrons. The van der Waals surface area contributed by atoms with E-state index in [0.29, 0.717) is 11.3 Å². The SMILES string of the molecule is N#Cc1ccc(O)c(-n2ccnn2)c1. The van der Waals surface area contributed by atoms with E-state index in [9.17, 15) is 5.11 Å². The third kappa shape index (κ3) is 1.29. The van der Waals surface area contributed by atoms with Gasteiger partial charge in [0.25, 0.3) is 0 Å². The largest absolute Gasteiger partial charge is 0.506 e. The lowest BCUT2D eigenvalue weighted by atomic mass is 10.2. The van der Waals surface area contributed by atoms with Gasteiger partial charge in [-0.2, -0.15) is 5.26 Å². The van der Waals surface area contributed by atoms with Crippen LogP contribution < -0.4 is 0 Å². The van der Waals surface area contributed by atoms with Gasteiger partial charge in [0, 0.05) is 0 Å². The Kier molecular flexibility index (Phi) is 1.88. The van der Waals surface area contributed by atoms with E-state index in [2.05, 4.69) is 10.3 Å². The lowest BCUT2D eigenvalue weighted by Gasteiger charge is -2.02. The summed E-state index contributed by atoms with van der Waals surface area (Å²) in [5, 5.41) is 25.5. The van der Waals surface area contributed by atoms with Crippen LogP contribution in [0.25, 0.3) is 5.69 Å². The Morgan fingerprint density at radius 2 is 2.29 bits per heavy atom. The molecule has 0 aliphatic carbocycles. The first-order chi connectivity index (χ1) is 6.81. The third-order valence-electron chi connectivity index (χ3n) is 1.77. The Hall–Kier alpha value is -2.35. The van der Waals surface area contributed by atoms with Crippen LogP contribution >= 0.6 is 0 Å². The second-order valence-corrected chi connectivity index (χ2v) is 2.66. The summed E-state index contributed by atoms with van der Waals surface area (Å²) in [4.78, 5) is 0. The highest BCUT2D eigenvalue weighted by atomic mass is 16.3. The number of rotatable bonds is 1. The summed E-state index contributed by atoms with van der Waals surface area (Å²) in [6.45, 7) is 0. The van der Waals surface area contributed by atoms with Gasteiger partial charge in [-0.05, 0) is 18.2 Å². The van der Waals surface area contributed by atoms with E-state index in [1.165, 1.54) is 23.0 Å². The summed E-state index contributed by atoms with van der Waals surface area (Å²) in [7, 11) is 0. The standard InChI is InChI=1S/C9H6N4O/c10-6-7-1-2-9(14)8(5-7)13-4-3-11-12-13/h1-5,14H. The Bertz CT molecular complexity index is 484. The number of aromatic nitrogens is 3. The molecule has 2 rings (SSSR count). The van der Waals surface area contributed by atoms with Crippen molar-refractivity contribution in [1.29, 1.82) is 5.26 Å². The minimum atomic E-state index is 0.0644. The van der Waals surface area contributed by atoms with Crippen LogP contribution in [-0.4, -0.2) is 20.1 Å². The maximum absolute atomic E-state index is 9.50.